The molecular formula is C56H61N4O21S6+. The highest BCUT2D eigenvalue weighted by Crippen LogP contribution is 2.52. The van der Waals surface area contributed by atoms with Crippen molar-refractivity contribution in [2.24, 2.45) is 0 Å². The number of rotatable bonds is 24. The molecule has 0 fully saturated rings. The van der Waals surface area contributed by atoms with E-state index in [0.717, 1.165) is 29.2 Å². The smallest absolute Gasteiger partial charge is 0.295 e. The predicted molar refractivity (Wildman–Crippen MR) is 320 cm³/mol. The van der Waals surface area contributed by atoms with Crippen molar-refractivity contribution in [3.05, 3.63) is 137 Å². The highest BCUT2D eigenvalue weighted by atomic mass is 32.2. The van der Waals surface area contributed by atoms with Crippen LogP contribution < -0.4 is 10.2 Å². The molecule has 25 nitrogen and oxygen atoms in total. The van der Waals surface area contributed by atoms with Gasteiger partial charge in [0.2, 0.25) is 11.6 Å². The van der Waals surface area contributed by atoms with Crippen LogP contribution in [0.4, 0.5) is 11.4 Å². The number of benzene rings is 5. The highest BCUT2D eigenvalue weighted by Gasteiger charge is 2.47. The van der Waals surface area contributed by atoms with Crippen LogP contribution in [0.3, 0.4) is 0 Å². The van der Waals surface area contributed by atoms with E-state index in [9.17, 15) is 92.2 Å². The van der Waals surface area contributed by atoms with Crippen molar-refractivity contribution in [1.29, 1.82) is 0 Å². The molecule has 8 rings (SSSR count). The van der Waals surface area contributed by atoms with Crippen LogP contribution in [0.2, 0.25) is 0 Å². The van der Waals surface area contributed by atoms with E-state index in [1.54, 1.807) is 85.7 Å². The minimum atomic E-state index is -5.14. The van der Waals surface area contributed by atoms with Crippen LogP contribution in [0.15, 0.2) is 135 Å². The van der Waals surface area contributed by atoms with Gasteiger partial charge in [-0.3, -0.25) is 46.6 Å². The minimum Gasteiger partial charge on any atom is -0.354 e. The van der Waals surface area contributed by atoms with Gasteiger partial charge in [0.15, 0.2) is 5.71 Å². The second-order valence-corrected chi connectivity index (χ2v) is 30.8. The van der Waals surface area contributed by atoms with Gasteiger partial charge in [-0.2, -0.15) is 55.1 Å². The summed E-state index contributed by atoms with van der Waals surface area (Å²) in [5, 5.41) is 2.48. The van der Waals surface area contributed by atoms with Gasteiger partial charge >= 0.3 is 0 Å². The molecule has 0 saturated carbocycles. The van der Waals surface area contributed by atoms with Crippen LogP contribution >= 0.6 is 0 Å². The standard InChI is InChI=1S/C56H60N4O21S6/c1-55(2)48(58(25-5-7-28-82(64,65)66)44-17-15-40-42(53(44)55)31-38(84(70,71)72)33-46(40)86(76,77)78)19-13-36(37-11-9-10-35(30-37)12-21-50(61)57-24-27-60-51(62)22-23-52(60)63)14-20-49-56(3,4)54-43-32-39(85(73,74)75)34-47(87(79,80)81)41(43)16-18-45(54)59(49)26-6-8-29-83(67,68)69/h9-11,13-20,22-23,30-34H,5-8,12,21,24-29H2,1-4H3,(H6-,57,61,64,65,66,67,68,69,70,71,72,73,74,75,76,77,78,79,80,81)/p+1. The number of unbranched alkanes of at least 4 members (excludes halogenated alkanes) is 2. The van der Waals surface area contributed by atoms with E-state index in [0.29, 0.717) is 62.7 Å². The van der Waals surface area contributed by atoms with Gasteiger partial charge in [-0.05, 0) is 121 Å². The lowest BCUT2D eigenvalue weighted by Gasteiger charge is -2.27. The fraction of sp³-hybridized carbons (Fsp3) is 0.321. The number of anilines is 1. The van der Waals surface area contributed by atoms with E-state index < -0.39 is 120 Å². The number of aryl methyl sites for hydroxylation is 1. The predicted octanol–water partition coefficient (Wildman–Crippen LogP) is 5.99. The zero-order valence-corrected chi connectivity index (χ0v) is 51.9. The fourth-order valence-corrected chi connectivity index (χ4v) is 15.2. The summed E-state index contributed by atoms with van der Waals surface area (Å²) in [7, 11) is -29.3. The lowest BCUT2D eigenvalue weighted by molar-refractivity contribution is -0.438. The Morgan fingerprint density at radius 1 is 0.598 bits per heavy atom. The normalized spacial score (nSPS) is 17.0. The summed E-state index contributed by atoms with van der Waals surface area (Å²) in [6.07, 6.45) is 9.34. The molecule has 7 N–H and O–H groups in total. The maximum Gasteiger partial charge on any atom is 0.295 e. The first kappa shape index (κ1) is 66.1. The summed E-state index contributed by atoms with van der Waals surface area (Å²) < 4.78 is 212. The number of nitrogens with zero attached hydrogens (tertiary/aromatic N) is 3. The summed E-state index contributed by atoms with van der Waals surface area (Å²) in [4.78, 5) is 36.7. The number of allylic oxidation sites excluding steroid dienone is 6. The van der Waals surface area contributed by atoms with E-state index in [2.05, 4.69) is 5.32 Å². The first-order valence-corrected chi connectivity index (χ1v) is 35.6. The molecule has 0 aliphatic carbocycles. The second kappa shape index (κ2) is 24.2. The third-order valence-corrected chi connectivity index (χ3v) is 20.4. The molecule has 0 aromatic heterocycles. The van der Waals surface area contributed by atoms with Crippen molar-refractivity contribution in [2.75, 3.05) is 42.6 Å². The Bertz CT molecular complexity index is 4610. The fourth-order valence-electron chi connectivity index (χ4n) is 11.4. The Balaban J connectivity index is 1.32. The molecule has 87 heavy (non-hydrogen) atoms. The average Bonchev–Trinajstić information content (AvgIpc) is 1.66. The number of carbonyl (C=O) groups excluding carboxylic acids is 3. The second-order valence-electron chi connectivity index (χ2n) is 22.0. The van der Waals surface area contributed by atoms with Crippen LogP contribution in [0.1, 0.15) is 82.1 Å². The maximum absolute atomic E-state index is 13.2. The molecule has 0 spiro atoms. The molecule has 3 heterocycles. The Morgan fingerprint density at radius 3 is 1.70 bits per heavy atom. The van der Waals surface area contributed by atoms with Gasteiger partial charge in [-0.25, -0.2) is 0 Å². The molecule has 31 heteroatoms. The average molecular weight is 1320 g/mol. The number of carbonyl (C=O) groups is 3. The molecule has 0 unspecified atom stereocenters. The third kappa shape index (κ3) is 14.7. The molecule has 3 aliphatic rings. The number of nitrogens with one attached hydrogen (secondary N) is 1. The number of hydrogen-bond acceptors (Lipinski definition) is 16. The van der Waals surface area contributed by atoms with Crippen molar-refractivity contribution in [2.45, 2.75) is 96.6 Å². The highest BCUT2D eigenvalue weighted by molar-refractivity contribution is 7.87. The summed E-state index contributed by atoms with van der Waals surface area (Å²) in [6, 6.07) is 16.1. The number of fused-ring (bicyclic) bond motifs is 6. The summed E-state index contributed by atoms with van der Waals surface area (Å²) in [5.41, 5.74) is 1.40. The maximum atomic E-state index is 13.2. The Kier molecular flexibility index (Phi) is 18.4. The van der Waals surface area contributed by atoms with Gasteiger partial charge in [0.1, 0.15) is 16.3 Å². The third-order valence-electron chi connectivity index (χ3n) is 15.3. The van der Waals surface area contributed by atoms with Gasteiger partial charge in [-0.15, -0.1) is 0 Å². The zero-order valence-electron chi connectivity index (χ0n) is 47.0. The van der Waals surface area contributed by atoms with Crippen molar-refractivity contribution < 1.29 is 96.8 Å². The van der Waals surface area contributed by atoms with Crippen LogP contribution in [-0.2, 0) is 92.3 Å². The van der Waals surface area contributed by atoms with Crippen LogP contribution in [-0.4, -0.2) is 148 Å². The lowest BCUT2D eigenvalue weighted by Crippen LogP contribution is -2.38. The van der Waals surface area contributed by atoms with Gasteiger partial charge in [0.05, 0.1) is 26.7 Å². The molecule has 0 atom stereocenters. The molecular weight excluding hydrogens is 1260 g/mol. The minimum absolute atomic E-state index is 0.00138. The molecule has 0 radical (unpaired) electrons. The van der Waals surface area contributed by atoms with Crippen molar-refractivity contribution >= 4 is 123 Å². The van der Waals surface area contributed by atoms with Gasteiger partial charge in [-0.1, -0.05) is 50.3 Å². The van der Waals surface area contributed by atoms with Crippen molar-refractivity contribution in [3.63, 3.8) is 0 Å². The molecule has 0 bridgehead atoms. The quantitative estimate of drug-likeness (QED) is 0.0123. The molecule has 3 amide bonds. The monoisotopic (exact) mass is 1320 g/mol. The summed E-state index contributed by atoms with van der Waals surface area (Å²) in [5.74, 6) is -2.64. The largest absolute Gasteiger partial charge is 0.354 e. The van der Waals surface area contributed by atoms with E-state index in [1.165, 1.54) is 24.3 Å². The Labute approximate surface area is 503 Å². The molecule has 3 aliphatic heterocycles. The van der Waals surface area contributed by atoms with Crippen LogP contribution in [0, 0.1) is 0 Å². The van der Waals surface area contributed by atoms with E-state index in [-0.39, 0.29) is 86.2 Å². The van der Waals surface area contributed by atoms with Crippen molar-refractivity contribution in [1.82, 2.24) is 10.2 Å². The van der Waals surface area contributed by atoms with Gasteiger partial charge in [0, 0.05) is 89.9 Å². The van der Waals surface area contributed by atoms with Gasteiger partial charge in [0.25, 0.3) is 72.5 Å². The Hall–Kier alpha value is -6.88. The number of imide groups is 1. The van der Waals surface area contributed by atoms with Crippen LogP contribution in [0.5, 0.6) is 0 Å². The van der Waals surface area contributed by atoms with E-state index >= 15 is 0 Å². The molecule has 5 aromatic carbocycles. The summed E-state index contributed by atoms with van der Waals surface area (Å²) in [6.45, 7) is 6.95. The molecule has 0 saturated heterocycles. The zero-order chi connectivity index (χ0) is 64.2. The Morgan fingerprint density at radius 2 is 1.15 bits per heavy atom. The summed E-state index contributed by atoms with van der Waals surface area (Å²) >= 11 is 0. The number of amides is 3. The van der Waals surface area contributed by atoms with Crippen LogP contribution in [0.25, 0.3) is 27.1 Å². The molecule has 5 aromatic rings. The van der Waals surface area contributed by atoms with E-state index in [4.69, 9.17) is 0 Å². The number of hydrogen-bond donors (Lipinski definition) is 7. The first-order chi connectivity index (χ1) is 40.2. The lowest BCUT2D eigenvalue weighted by atomic mass is 9.78. The van der Waals surface area contributed by atoms with Gasteiger partial charge < -0.3 is 10.2 Å². The topological polar surface area (TPSA) is 399 Å². The SMILES string of the molecule is CC1(C)C(/C=C/C(=C/C=C2/N(CCCCS(=O)(=O)O)c3ccc4c(S(=O)(=O)O)cc(S(=O)(=O)O)cc4c3C2(C)C)c2cccc(CCC(=O)NCCN3C(=O)C=CC3=O)c2)=[N+](CCCCS(=O)(=O)O)c2ccc3c(S(=O)(=O)O)cc(S(=O)(=O)O)cc3c21. The first-order valence-electron chi connectivity index (χ1n) is 26.6. The van der Waals surface area contributed by atoms with Crippen molar-refractivity contribution in [3.8, 4) is 0 Å². The molecule has 466 valence electrons. The van der Waals surface area contributed by atoms with E-state index in [1.807, 2.05) is 0 Å².